The van der Waals surface area contributed by atoms with Crippen LogP contribution in [0.5, 0.6) is 0 Å². The summed E-state index contributed by atoms with van der Waals surface area (Å²) in [4.78, 5) is 4.65. The Morgan fingerprint density at radius 2 is 1.52 bits per heavy atom. The van der Waals surface area contributed by atoms with Crippen molar-refractivity contribution in [1.82, 2.24) is 0 Å². The van der Waals surface area contributed by atoms with Gasteiger partial charge in [0.15, 0.2) is 0 Å². The smallest absolute Gasteiger partial charge is 0.0667 e. The van der Waals surface area contributed by atoms with Gasteiger partial charge in [-0.25, -0.2) is 0 Å². The minimum Gasteiger partial charge on any atom is -0.256 e. The number of hydrogen-bond acceptors (Lipinski definition) is 1. The molecule has 0 aromatic heterocycles. The second-order valence-electron chi connectivity index (χ2n) is 6.64. The van der Waals surface area contributed by atoms with E-state index in [9.17, 15) is 0 Å². The lowest BCUT2D eigenvalue weighted by atomic mass is 9.87. The number of hydrogen-bond donors (Lipinski definition) is 0. The van der Waals surface area contributed by atoms with Gasteiger partial charge in [-0.1, -0.05) is 78.0 Å². The molecule has 0 amide bonds. The van der Waals surface area contributed by atoms with E-state index in [4.69, 9.17) is 0 Å². The summed E-state index contributed by atoms with van der Waals surface area (Å²) in [6.07, 6.45) is 17.3. The predicted octanol–water partition coefficient (Wildman–Crippen LogP) is 6.03. The molecule has 0 atom stereocenters. The monoisotopic (exact) mass is 283 g/mol. The van der Waals surface area contributed by atoms with Gasteiger partial charge in [0.25, 0.3) is 0 Å². The zero-order valence-corrected chi connectivity index (χ0v) is 14.6. The van der Waals surface area contributed by atoms with Crippen molar-refractivity contribution in [2.24, 2.45) is 15.8 Å². The fourth-order valence-electron chi connectivity index (χ4n) is 2.50. The van der Waals surface area contributed by atoms with Crippen LogP contribution in [0.15, 0.2) is 64.4 Å². The second kappa shape index (κ2) is 6.89. The third kappa shape index (κ3) is 5.34. The van der Waals surface area contributed by atoms with Gasteiger partial charge in [0.05, 0.1) is 5.70 Å². The lowest BCUT2D eigenvalue weighted by Crippen LogP contribution is -2.06. The lowest BCUT2D eigenvalue weighted by Gasteiger charge is -2.18. The van der Waals surface area contributed by atoms with Crippen LogP contribution in [0.25, 0.3) is 0 Å². The Hall–Kier alpha value is -1.63. The highest BCUT2D eigenvalue weighted by Crippen LogP contribution is 2.32. The van der Waals surface area contributed by atoms with Crippen molar-refractivity contribution >= 4 is 6.21 Å². The molecule has 1 heteroatoms. The highest BCUT2D eigenvalue weighted by molar-refractivity contribution is 5.80. The van der Waals surface area contributed by atoms with Crippen LogP contribution in [0.3, 0.4) is 0 Å². The molecule has 1 aliphatic heterocycles. The van der Waals surface area contributed by atoms with E-state index in [2.05, 4.69) is 82.1 Å². The maximum atomic E-state index is 4.65. The van der Waals surface area contributed by atoms with Gasteiger partial charge < -0.3 is 0 Å². The van der Waals surface area contributed by atoms with E-state index in [0.717, 1.165) is 5.70 Å². The van der Waals surface area contributed by atoms with Crippen molar-refractivity contribution in [2.45, 2.75) is 48.5 Å². The Morgan fingerprint density at radius 1 is 0.857 bits per heavy atom. The summed E-state index contributed by atoms with van der Waals surface area (Å²) in [6, 6.07) is 0. The molecule has 0 saturated heterocycles. The topological polar surface area (TPSA) is 12.4 Å². The van der Waals surface area contributed by atoms with Gasteiger partial charge >= 0.3 is 0 Å². The Balaban J connectivity index is 0.00000106. The van der Waals surface area contributed by atoms with Gasteiger partial charge in [-0.2, -0.15) is 0 Å². The fraction of sp³-hybridized carbons (Fsp3) is 0.450. The first kappa shape index (κ1) is 17.4. The van der Waals surface area contributed by atoms with Crippen LogP contribution in [0.2, 0.25) is 0 Å². The maximum Gasteiger partial charge on any atom is 0.0667 e. The quantitative estimate of drug-likeness (QED) is 0.557. The molecular weight excluding hydrogens is 254 g/mol. The van der Waals surface area contributed by atoms with Crippen molar-refractivity contribution in [2.75, 3.05) is 0 Å². The first-order chi connectivity index (χ1) is 9.77. The second-order valence-corrected chi connectivity index (χ2v) is 6.64. The maximum absolute atomic E-state index is 4.65. The van der Waals surface area contributed by atoms with E-state index in [1.807, 2.05) is 20.1 Å². The van der Waals surface area contributed by atoms with Gasteiger partial charge in [0, 0.05) is 17.0 Å². The molecule has 2 rings (SSSR count). The average Bonchev–Trinajstić information content (AvgIpc) is 2.64. The molecule has 0 fully saturated rings. The standard InChI is InChI=1S/C18H23N.C2H6/c1-14-10-18(4,5)12-16(19-13-14)15-8-6-7-9-17(2,3)11-15;1-2/h6-13H,1-5H3;1-2H3. The molecule has 0 saturated carbocycles. The SMILES string of the molecule is CC.CC1=CC(C)(C)C=C(C2=CC(C)(C)C=CC=C2)N=C1. The van der Waals surface area contributed by atoms with E-state index in [1.165, 1.54) is 11.1 Å². The van der Waals surface area contributed by atoms with Crippen LogP contribution in [0.4, 0.5) is 0 Å². The molecule has 0 radical (unpaired) electrons. The Kier molecular flexibility index (Phi) is 5.71. The third-order valence-corrected chi connectivity index (χ3v) is 3.25. The van der Waals surface area contributed by atoms with Gasteiger partial charge in [-0.3, -0.25) is 4.99 Å². The van der Waals surface area contributed by atoms with Gasteiger partial charge in [0.1, 0.15) is 0 Å². The summed E-state index contributed by atoms with van der Waals surface area (Å²) >= 11 is 0. The molecule has 0 aromatic rings. The minimum atomic E-state index is 0.0362. The first-order valence-corrected chi connectivity index (χ1v) is 7.83. The largest absolute Gasteiger partial charge is 0.256 e. The van der Waals surface area contributed by atoms with Crippen LogP contribution < -0.4 is 0 Å². The highest BCUT2D eigenvalue weighted by atomic mass is 14.7. The Labute approximate surface area is 130 Å². The number of nitrogens with zero attached hydrogens (tertiary/aromatic N) is 1. The first-order valence-electron chi connectivity index (χ1n) is 7.83. The number of aliphatic imine (C=N–C) groups is 1. The molecule has 0 N–H and O–H groups in total. The number of rotatable bonds is 1. The molecule has 21 heavy (non-hydrogen) atoms. The lowest BCUT2D eigenvalue weighted by molar-refractivity contribution is 0.614. The summed E-state index contributed by atoms with van der Waals surface area (Å²) < 4.78 is 0. The van der Waals surface area contributed by atoms with Crippen LogP contribution in [0, 0.1) is 10.8 Å². The van der Waals surface area contributed by atoms with Gasteiger partial charge in [-0.05, 0) is 24.1 Å². The van der Waals surface area contributed by atoms with Crippen LogP contribution >= 0.6 is 0 Å². The van der Waals surface area contributed by atoms with Crippen molar-refractivity contribution in [3.8, 4) is 0 Å². The molecule has 0 aromatic carbocycles. The zero-order chi connectivity index (χ0) is 16.1. The molecule has 1 heterocycles. The van der Waals surface area contributed by atoms with E-state index >= 15 is 0 Å². The summed E-state index contributed by atoms with van der Waals surface area (Å²) in [5.74, 6) is 0. The zero-order valence-electron chi connectivity index (χ0n) is 14.6. The van der Waals surface area contributed by atoms with Gasteiger partial charge in [0.2, 0.25) is 0 Å². The molecule has 1 aliphatic carbocycles. The third-order valence-electron chi connectivity index (χ3n) is 3.25. The normalized spacial score (nSPS) is 22.1. The summed E-state index contributed by atoms with van der Waals surface area (Å²) in [7, 11) is 0. The average molecular weight is 283 g/mol. The molecule has 0 bridgehead atoms. The molecule has 0 spiro atoms. The van der Waals surface area contributed by atoms with Crippen molar-refractivity contribution in [3.05, 3.63) is 59.4 Å². The minimum absolute atomic E-state index is 0.0362. The molecule has 1 nitrogen and oxygen atoms in total. The van der Waals surface area contributed by atoms with Crippen molar-refractivity contribution in [1.29, 1.82) is 0 Å². The predicted molar refractivity (Wildman–Crippen MR) is 95.6 cm³/mol. The molecule has 0 unspecified atom stereocenters. The molecule has 2 aliphatic rings. The summed E-state index contributed by atoms with van der Waals surface area (Å²) in [5, 5.41) is 0. The van der Waals surface area contributed by atoms with Crippen molar-refractivity contribution in [3.63, 3.8) is 0 Å². The molecule has 114 valence electrons. The van der Waals surface area contributed by atoms with Crippen LogP contribution in [0.1, 0.15) is 48.5 Å². The Bertz CT molecular complexity index is 546. The van der Waals surface area contributed by atoms with E-state index in [0.29, 0.717) is 0 Å². The van der Waals surface area contributed by atoms with E-state index in [-0.39, 0.29) is 10.8 Å². The molecular formula is C20H29N. The van der Waals surface area contributed by atoms with E-state index in [1.54, 1.807) is 0 Å². The van der Waals surface area contributed by atoms with Crippen molar-refractivity contribution < 1.29 is 0 Å². The van der Waals surface area contributed by atoms with E-state index < -0.39 is 0 Å². The number of allylic oxidation sites excluding steroid dienone is 8. The fourth-order valence-corrected chi connectivity index (χ4v) is 2.50. The Morgan fingerprint density at radius 3 is 2.19 bits per heavy atom. The summed E-state index contributed by atoms with van der Waals surface area (Å²) in [5.41, 5.74) is 3.57. The highest BCUT2D eigenvalue weighted by Gasteiger charge is 2.19. The van der Waals surface area contributed by atoms with Gasteiger partial charge in [-0.15, -0.1) is 0 Å². The van der Waals surface area contributed by atoms with Crippen LogP contribution in [-0.4, -0.2) is 6.21 Å². The summed E-state index contributed by atoms with van der Waals surface area (Å²) in [6.45, 7) is 15.0. The van der Waals surface area contributed by atoms with Crippen LogP contribution in [-0.2, 0) is 0 Å².